The fraction of sp³-hybridized carbons (Fsp3) is 0.458. The van der Waals surface area contributed by atoms with Gasteiger partial charge < -0.3 is 31.0 Å². The third-order valence-electron chi connectivity index (χ3n) is 7.41. The van der Waals surface area contributed by atoms with E-state index in [4.69, 9.17) is 10.6 Å². The van der Waals surface area contributed by atoms with Crippen molar-refractivity contribution in [3.63, 3.8) is 0 Å². The van der Waals surface area contributed by atoms with E-state index in [0.29, 0.717) is 12.1 Å². The number of phenols is 1. The van der Waals surface area contributed by atoms with Crippen molar-refractivity contribution in [2.45, 2.75) is 31.0 Å². The number of hydroxylamine groups is 2. The summed E-state index contributed by atoms with van der Waals surface area (Å²) in [6.07, 6.45) is 0.275. The van der Waals surface area contributed by atoms with Crippen molar-refractivity contribution in [2.75, 3.05) is 28.3 Å². The number of rotatable bonds is 5. The average molecular weight is 488 g/mol. The maximum absolute atomic E-state index is 13.8. The SMILES string of the molecule is CON(C)Cc1ccc(O)c2c1C[C@@H]1C[C@@H]3[C@H](N(C)C)C(=O)C(C(N)=O)=C(O)[C@@]3(O)C(=O)C1=C2O. The lowest BCUT2D eigenvalue weighted by molar-refractivity contribution is -0.153. The molecular weight excluding hydrogens is 458 g/mol. The van der Waals surface area contributed by atoms with Gasteiger partial charge in [-0.2, -0.15) is 5.06 Å². The van der Waals surface area contributed by atoms with E-state index in [0.717, 1.165) is 5.56 Å². The summed E-state index contributed by atoms with van der Waals surface area (Å²) in [4.78, 5) is 45.5. The lowest BCUT2D eigenvalue weighted by Gasteiger charge is -2.50. The summed E-state index contributed by atoms with van der Waals surface area (Å²) in [5, 5.41) is 45.7. The lowest BCUT2D eigenvalue weighted by Crippen LogP contribution is -2.65. The van der Waals surface area contributed by atoms with Gasteiger partial charge in [0.25, 0.3) is 5.91 Å². The van der Waals surface area contributed by atoms with E-state index < -0.39 is 58.0 Å². The molecule has 0 spiro atoms. The van der Waals surface area contributed by atoms with Gasteiger partial charge >= 0.3 is 0 Å². The summed E-state index contributed by atoms with van der Waals surface area (Å²) in [7, 11) is 6.34. The Morgan fingerprint density at radius 1 is 1.20 bits per heavy atom. The van der Waals surface area contributed by atoms with Gasteiger partial charge in [0, 0.05) is 25.1 Å². The fourth-order valence-electron chi connectivity index (χ4n) is 5.76. The first kappa shape index (κ1) is 24.9. The van der Waals surface area contributed by atoms with Gasteiger partial charge in [0.2, 0.25) is 5.78 Å². The monoisotopic (exact) mass is 487 g/mol. The number of likely N-dealkylation sites (N-methyl/N-ethyl adjacent to an activating group) is 1. The molecule has 4 atom stereocenters. The number of carbonyl (C=O) groups is 3. The van der Waals surface area contributed by atoms with Gasteiger partial charge in [-0.25, -0.2) is 0 Å². The maximum Gasteiger partial charge on any atom is 0.255 e. The van der Waals surface area contributed by atoms with Crippen LogP contribution in [0.3, 0.4) is 0 Å². The quantitative estimate of drug-likeness (QED) is 0.280. The molecule has 11 heteroatoms. The predicted molar refractivity (Wildman–Crippen MR) is 123 cm³/mol. The summed E-state index contributed by atoms with van der Waals surface area (Å²) in [5.74, 6) is -6.68. The average Bonchev–Trinajstić information content (AvgIpc) is 2.77. The van der Waals surface area contributed by atoms with Crippen LogP contribution in [0.5, 0.6) is 5.75 Å². The van der Waals surface area contributed by atoms with Gasteiger partial charge in [-0.1, -0.05) is 6.07 Å². The van der Waals surface area contributed by atoms with Crippen LogP contribution >= 0.6 is 0 Å². The molecule has 1 aromatic rings. The van der Waals surface area contributed by atoms with Crippen LogP contribution in [0.4, 0.5) is 0 Å². The van der Waals surface area contributed by atoms with Gasteiger partial charge in [0.05, 0.1) is 18.7 Å². The summed E-state index contributed by atoms with van der Waals surface area (Å²) in [6.45, 7) is 0.333. The first-order valence-corrected chi connectivity index (χ1v) is 11.1. The van der Waals surface area contributed by atoms with Crippen molar-refractivity contribution in [3.8, 4) is 5.75 Å². The van der Waals surface area contributed by atoms with Crippen LogP contribution < -0.4 is 5.73 Å². The minimum Gasteiger partial charge on any atom is -0.508 e. The number of nitrogens with zero attached hydrogens (tertiary/aromatic N) is 2. The highest BCUT2D eigenvalue weighted by molar-refractivity contribution is 6.24. The van der Waals surface area contributed by atoms with Crippen molar-refractivity contribution in [2.24, 2.45) is 17.6 Å². The molecule has 0 radical (unpaired) electrons. The topological polar surface area (TPSA) is 174 Å². The predicted octanol–water partition coefficient (Wildman–Crippen LogP) is -0.0428. The van der Waals surface area contributed by atoms with E-state index in [1.807, 2.05) is 0 Å². The molecular formula is C24H29N3O8. The second kappa shape index (κ2) is 8.45. The Labute approximate surface area is 201 Å². The molecule has 6 N–H and O–H groups in total. The molecule has 188 valence electrons. The molecule has 35 heavy (non-hydrogen) atoms. The first-order chi connectivity index (χ1) is 16.4. The Morgan fingerprint density at radius 3 is 2.43 bits per heavy atom. The molecule has 0 aromatic heterocycles. The van der Waals surface area contributed by atoms with Gasteiger partial charge in [-0.15, -0.1) is 0 Å². The number of benzene rings is 1. The van der Waals surface area contributed by atoms with Gasteiger partial charge in [0.15, 0.2) is 11.4 Å². The second-order valence-corrected chi connectivity index (χ2v) is 9.53. The zero-order valence-corrected chi connectivity index (χ0v) is 19.9. The van der Waals surface area contributed by atoms with E-state index in [-0.39, 0.29) is 29.7 Å². The summed E-state index contributed by atoms with van der Waals surface area (Å²) >= 11 is 0. The summed E-state index contributed by atoms with van der Waals surface area (Å²) in [5.41, 5.74) is 3.09. The van der Waals surface area contributed by atoms with Crippen LogP contribution in [0.1, 0.15) is 23.1 Å². The Kier molecular flexibility index (Phi) is 6.00. The number of ketones is 2. The van der Waals surface area contributed by atoms with Crippen molar-refractivity contribution < 1.29 is 39.6 Å². The highest BCUT2D eigenvalue weighted by atomic mass is 16.7. The number of fused-ring (bicyclic) bond motifs is 3. The van der Waals surface area contributed by atoms with Gasteiger partial charge in [-0.05, 0) is 50.0 Å². The molecule has 1 fully saturated rings. The molecule has 0 heterocycles. The summed E-state index contributed by atoms with van der Waals surface area (Å²) < 4.78 is 0. The number of hydrogen-bond acceptors (Lipinski definition) is 10. The van der Waals surface area contributed by atoms with Crippen LogP contribution in [0.2, 0.25) is 0 Å². The smallest absolute Gasteiger partial charge is 0.255 e. The molecule has 0 aliphatic heterocycles. The zero-order chi connectivity index (χ0) is 26.0. The maximum atomic E-state index is 13.8. The molecule has 0 saturated heterocycles. The van der Waals surface area contributed by atoms with Crippen LogP contribution in [0.15, 0.2) is 29.0 Å². The molecule has 1 amide bonds. The number of aromatic hydroxyl groups is 1. The number of nitrogens with two attached hydrogens (primary N) is 1. The Morgan fingerprint density at radius 2 is 1.86 bits per heavy atom. The molecule has 3 aliphatic rings. The Balaban J connectivity index is 1.94. The molecule has 1 saturated carbocycles. The standard InChI is InChI=1S/C24H29N3O8/c1-26(2)18-13-8-11-7-12-10(9-27(3)35-4)5-6-14(28)16(12)19(29)15(11)21(31)24(13,34)22(32)17(20(18)30)23(25)33/h5-6,11,13,18,28-29,32,34H,7-9H2,1-4H3,(H2,25,33)/t11-,13-,18+,24+/m1/s1. The van der Waals surface area contributed by atoms with Crippen LogP contribution in [-0.4, -0.2) is 87.8 Å². The van der Waals surface area contributed by atoms with Crippen LogP contribution in [0, 0.1) is 11.8 Å². The van der Waals surface area contributed by atoms with E-state index in [1.165, 1.54) is 18.1 Å². The number of aliphatic hydroxyl groups is 3. The number of amides is 1. The summed E-state index contributed by atoms with van der Waals surface area (Å²) in [6, 6.07) is 1.98. The molecule has 3 aliphatic carbocycles. The van der Waals surface area contributed by atoms with Crippen LogP contribution in [0.25, 0.3) is 5.76 Å². The van der Waals surface area contributed by atoms with Crippen molar-refractivity contribution in [1.82, 2.24) is 9.96 Å². The number of Topliss-reactive ketones (excluding diaryl/α,β-unsaturated/α-hetero) is 2. The second-order valence-electron chi connectivity index (χ2n) is 9.53. The van der Waals surface area contributed by atoms with E-state index in [1.54, 1.807) is 32.3 Å². The third kappa shape index (κ3) is 3.46. The zero-order valence-electron chi connectivity index (χ0n) is 19.9. The number of primary amides is 1. The molecule has 0 unspecified atom stereocenters. The molecule has 1 aromatic carbocycles. The highest BCUT2D eigenvalue weighted by Crippen LogP contribution is 2.52. The van der Waals surface area contributed by atoms with Gasteiger partial charge in [0.1, 0.15) is 22.8 Å². The number of hydrogen-bond donors (Lipinski definition) is 5. The number of aliphatic hydroxyl groups excluding tert-OH is 2. The first-order valence-electron chi connectivity index (χ1n) is 11.1. The number of phenolic OH excluding ortho intramolecular Hbond substituents is 1. The van der Waals surface area contributed by atoms with Crippen molar-refractivity contribution in [1.29, 1.82) is 0 Å². The molecule has 4 rings (SSSR count). The Hall–Kier alpha value is -3.25. The van der Waals surface area contributed by atoms with Gasteiger partial charge in [-0.3, -0.25) is 19.3 Å². The minimum absolute atomic E-state index is 0.0426. The minimum atomic E-state index is -2.64. The van der Waals surface area contributed by atoms with Crippen molar-refractivity contribution in [3.05, 3.63) is 45.7 Å². The number of carbonyl (C=O) groups excluding carboxylic acids is 3. The van der Waals surface area contributed by atoms with E-state index >= 15 is 0 Å². The lowest BCUT2D eigenvalue weighted by atomic mass is 9.57. The normalized spacial score (nSPS) is 28.4. The van der Waals surface area contributed by atoms with E-state index in [2.05, 4.69) is 0 Å². The van der Waals surface area contributed by atoms with Crippen LogP contribution in [-0.2, 0) is 32.2 Å². The largest absolute Gasteiger partial charge is 0.508 e. The third-order valence-corrected chi connectivity index (χ3v) is 7.41. The molecule has 0 bridgehead atoms. The molecule has 11 nitrogen and oxygen atoms in total. The Bertz CT molecular complexity index is 1200. The highest BCUT2D eigenvalue weighted by Gasteiger charge is 2.64. The van der Waals surface area contributed by atoms with Crippen molar-refractivity contribution >= 4 is 23.2 Å². The fourth-order valence-corrected chi connectivity index (χ4v) is 5.76. The van der Waals surface area contributed by atoms with E-state index in [9.17, 15) is 34.8 Å².